The number of hydrogen-bond donors (Lipinski definition) is 1. The molecule has 2 aromatic carbocycles. The van der Waals surface area contributed by atoms with Gasteiger partial charge in [0.25, 0.3) is 11.2 Å². The smallest absolute Gasteiger partial charge is 0.275 e. The molecule has 9 heteroatoms. The van der Waals surface area contributed by atoms with E-state index in [1.54, 1.807) is 36.4 Å². The Morgan fingerprint density at radius 1 is 1.15 bits per heavy atom. The maximum Gasteiger partial charge on any atom is 0.292 e. The van der Waals surface area contributed by atoms with E-state index in [0.717, 1.165) is 0 Å². The molecule has 3 aromatic rings. The highest BCUT2D eigenvalue weighted by Gasteiger charge is 2.10. The molecule has 8 nitrogen and oxygen atoms in total. The molecule has 0 unspecified atom stereocenters. The Hall–Kier alpha value is -3.52. The maximum absolute atomic E-state index is 12.3. The number of nitro groups is 1. The molecule has 1 heterocycles. The zero-order chi connectivity index (χ0) is 18.5. The van der Waals surface area contributed by atoms with Gasteiger partial charge in [-0.15, -0.1) is 0 Å². The predicted octanol–water partition coefficient (Wildman–Crippen LogP) is 3.24. The summed E-state index contributed by atoms with van der Waals surface area (Å²) >= 11 is 6.10. The van der Waals surface area contributed by atoms with Gasteiger partial charge in [0.1, 0.15) is 10.7 Å². The summed E-state index contributed by atoms with van der Waals surface area (Å²) in [7, 11) is 0. The van der Waals surface area contributed by atoms with E-state index in [9.17, 15) is 14.9 Å². The van der Waals surface area contributed by atoms with Gasteiger partial charge in [-0.25, -0.2) is 0 Å². The molecule has 0 fully saturated rings. The lowest BCUT2D eigenvalue weighted by Gasteiger charge is -2.07. The van der Waals surface area contributed by atoms with E-state index < -0.39 is 10.5 Å². The number of benzene rings is 2. The lowest BCUT2D eigenvalue weighted by molar-refractivity contribution is -0.384. The van der Waals surface area contributed by atoms with Crippen LogP contribution in [0.2, 0.25) is 5.02 Å². The molecule has 1 N–H and O–H groups in total. The monoisotopic (exact) mass is 369 g/mol. The minimum absolute atomic E-state index is 0.00752. The van der Waals surface area contributed by atoms with Crippen molar-refractivity contribution in [3.8, 4) is 5.69 Å². The van der Waals surface area contributed by atoms with E-state index in [-0.39, 0.29) is 16.4 Å². The van der Waals surface area contributed by atoms with Crippen molar-refractivity contribution in [3.05, 3.63) is 91.8 Å². The van der Waals surface area contributed by atoms with Crippen LogP contribution < -0.4 is 11.0 Å². The summed E-state index contributed by atoms with van der Waals surface area (Å²) in [5.41, 5.74) is 3.65. The standard InChI is InChI=1S/C17H12ClN5O3/c18-16-15(11-20-22(17(16)24)13-4-2-1-3-5-13)21-19-10-12-6-8-14(9-7-12)23(25)26/h1-11,21H/b19-10-. The van der Waals surface area contributed by atoms with E-state index in [0.29, 0.717) is 11.3 Å². The molecule has 0 amide bonds. The Kier molecular flexibility index (Phi) is 5.04. The fourth-order valence-electron chi connectivity index (χ4n) is 2.12. The van der Waals surface area contributed by atoms with Crippen LogP contribution >= 0.6 is 11.6 Å². The average Bonchev–Trinajstić information content (AvgIpc) is 2.66. The number of hydrogen-bond acceptors (Lipinski definition) is 6. The lowest BCUT2D eigenvalue weighted by atomic mass is 10.2. The van der Waals surface area contributed by atoms with Crippen LogP contribution in [0.1, 0.15) is 5.56 Å². The van der Waals surface area contributed by atoms with Crippen LogP contribution in [-0.4, -0.2) is 20.9 Å². The first kappa shape index (κ1) is 17.3. The number of rotatable bonds is 5. The number of halogens is 1. The van der Waals surface area contributed by atoms with Crippen molar-refractivity contribution in [2.45, 2.75) is 0 Å². The second-order valence-electron chi connectivity index (χ2n) is 5.14. The van der Waals surface area contributed by atoms with Crippen LogP contribution in [0.3, 0.4) is 0 Å². The summed E-state index contributed by atoms with van der Waals surface area (Å²) in [4.78, 5) is 22.5. The SMILES string of the molecule is O=c1c(Cl)c(N/N=C\c2ccc([N+](=O)[O-])cc2)cnn1-c1ccccc1. The Morgan fingerprint density at radius 2 is 1.85 bits per heavy atom. The van der Waals surface area contributed by atoms with Crippen molar-refractivity contribution in [3.63, 3.8) is 0 Å². The van der Waals surface area contributed by atoms with E-state index in [1.165, 1.54) is 29.2 Å². The molecule has 0 aliphatic heterocycles. The normalized spacial score (nSPS) is 10.8. The van der Waals surface area contributed by atoms with E-state index in [2.05, 4.69) is 15.6 Å². The topological polar surface area (TPSA) is 102 Å². The minimum Gasteiger partial charge on any atom is -0.275 e. The third kappa shape index (κ3) is 3.76. The maximum atomic E-state index is 12.3. The summed E-state index contributed by atoms with van der Waals surface area (Å²) in [5, 5.41) is 18.6. The van der Waals surface area contributed by atoms with Gasteiger partial charge in [0.15, 0.2) is 0 Å². The van der Waals surface area contributed by atoms with Gasteiger partial charge in [0, 0.05) is 12.1 Å². The molecule has 0 atom stereocenters. The summed E-state index contributed by atoms with van der Waals surface area (Å²) in [5.74, 6) is 0. The Labute approximate surface area is 152 Å². The van der Waals surface area contributed by atoms with Crippen molar-refractivity contribution in [2.24, 2.45) is 5.10 Å². The summed E-state index contributed by atoms with van der Waals surface area (Å²) in [6, 6.07) is 14.7. The third-order valence-corrected chi connectivity index (χ3v) is 3.79. The van der Waals surface area contributed by atoms with Crippen LogP contribution in [0.25, 0.3) is 5.69 Å². The molecule has 0 saturated heterocycles. The van der Waals surface area contributed by atoms with Crippen LogP contribution in [0.15, 0.2) is 70.7 Å². The fraction of sp³-hybridized carbons (Fsp3) is 0. The highest BCUT2D eigenvalue weighted by atomic mass is 35.5. The van der Waals surface area contributed by atoms with E-state index in [4.69, 9.17) is 11.6 Å². The summed E-state index contributed by atoms with van der Waals surface area (Å²) in [6.45, 7) is 0. The van der Waals surface area contributed by atoms with Crippen molar-refractivity contribution in [1.29, 1.82) is 0 Å². The Morgan fingerprint density at radius 3 is 2.50 bits per heavy atom. The third-order valence-electron chi connectivity index (χ3n) is 3.42. The summed E-state index contributed by atoms with van der Waals surface area (Å²) < 4.78 is 1.19. The highest BCUT2D eigenvalue weighted by Crippen LogP contribution is 2.17. The van der Waals surface area contributed by atoms with Gasteiger partial charge in [-0.05, 0) is 29.8 Å². The number of anilines is 1. The lowest BCUT2D eigenvalue weighted by Crippen LogP contribution is -2.22. The quantitative estimate of drug-likeness (QED) is 0.422. The van der Waals surface area contributed by atoms with Gasteiger partial charge in [0.05, 0.1) is 23.0 Å². The number of aromatic nitrogens is 2. The van der Waals surface area contributed by atoms with Crippen LogP contribution in [-0.2, 0) is 0 Å². The van der Waals surface area contributed by atoms with Crippen molar-refractivity contribution in [1.82, 2.24) is 9.78 Å². The van der Waals surface area contributed by atoms with Crippen molar-refractivity contribution in [2.75, 3.05) is 5.43 Å². The molecule has 26 heavy (non-hydrogen) atoms. The average molecular weight is 370 g/mol. The Bertz CT molecular complexity index is 1020. The fourth-order valence-corrected chi connectivity index (χ4v) is 2.29. The van der Waals surface area contributed by atoms with Gasteiger partial charge in [0.2, 0.25) is 0 Å². The van der Waals surface area contributed by atoms with Gasteiger partial charge >= 0.3 is 0 Å². The largest absolute Gasteiger partial charge is 0.292 e. The molecule has 0 aliphatic rings. The molecule has 3 rings (SSSR count). The first-order valence-corrected chi connectivity index (χ1v) is 7.81. The molecule has 0 radical (unpaired) electrons. The van der Waals surface area contributed by atoms with E-state index in [1.807, 2.05) is 6.07 Å². The van der Waals surface area contributed by atoms with Crippen LogP contribution in [0, 0.1) is 10.1 Å². The molecule has 0 saturated carbocycles. The van der Waals surface area contributed by atoms with Gasteiger partial charge in [-0.3, -0.25) is 20.3 Å². The molecule has 1 aromatic heterocycles. The van der Waals surface area contributed by atoms with Gasteiger partial charge in [-0.1, -0.05) is 29.8 Å². The number of hydrazone groups is 1. The van der Waals surface area contributed by atoms with Crippen molar-refractivity contribution >= 4 is 29.2 Å². The second kappa shape index (κ2) is 7.58. The van der Waals surface area contributed by atoms with Gasteiger partial charge in [-0.2, -0.15) is 14.9 Å². The number of para-hydroxylation sites is 1. The molecular formula is C17H12ClN5O3. The van der Waals surface area contributed by atoms with Crippen LogP contribution in [0.5, 0.6) is 0 Å². The van der Waals surface area contributed by atoms with Gasteiger partial charge < -0.3 is 0 Å². The number of nitrogens with zero attached hydrogens (tertiary/aromatic N) is 4. The predicted molar refractivity (Wildman–Crippen MR) is 99.2 cm³/mol. The zero-order valence-electron chi connectivity index (χ0n) is 13.2. The minimum atomic E-state index is -0.480. The molecule has 0 spiro atoms. The number of nitrogens with one attached hydrogen (secondary N) is 1. The second-order valence-corrected chi connectivity index (χ2v) is 5.52. The first-order valence-electron chi connectivity index (χ1n) is 7.43. The van der Waals surface area contributed by atoms with Crippen LogP contribution in [0.4, 0.5) is 11.4 Å². The zero-order valence-corrected chi connectivity index (χ0v) is 14.0. The number of non-ortho nitro benzene ring substituents is 1. The first-order chi connectivity index (χ1) is 12.6. The summed E-state index contributed by atoms with van der Waals surface area (Å²) in [6.07, 6.45) is 2.84. The molecule has 130 valence electrons. The van der Waals surface area contributed by atoms with E-state index >= 15 is 0 Å². The highest BCUT2D eigenvalue weighted by molar-refractivity contribution is 6.32. The molecule has 0 aliphatic carbocycles. The Balaban J connectivity index is 1.77. The van der Waals surface area contributed by atoms with Crippen molar-refractivity contribution < 1.29 is 4.92 Å². The molecule has 0 bridgehead atoms. The number of nitro benzene ring substituents is 1. The molecular weight excluding hydrogens is 358 g/mol.